The Morgan fingerprint density at radius 2 is 1.81 bits per heavy atom. The Morgan fingerprint density at radius 1 is 1.19 bits per heavy atom. The average molecular weight is 497 g/mol. The second kappa shape index (κ2) is 11.6. The zero-order valence-corrected chi connectivity index (χ0v) is 21.6. The maximum Gasteiger partial charge on any atom is 0.333 e. The molecule has 11 nitrogen and oxygen atoms in total. The average Bonchev–Trinajstić information content (AvgIpc) is 3.02. The van der Waals surface area contributed by atoms with Crippen molar-refractivity contribution in [2.24, 2.45) is 5.11 Å². The number of amides is 2. The highest BCUT2D eigenvalue weighted by Crippen LogP contribution is 2.26. The minimum absolute atomic E-state index is 0.0859. The van der Waals surface area contributed by atoms with Crippen molar-refractivity contribution >= 4 is 46.2 Å². The maximum absolute atomic E-state index is 12.0. The topological polar surface area (TPSA) is 147 Å². The van der Waals surface area contributed by atoms with E-state index < -0.39 is 34.4 Å². The van der Waals surface area contributed by atoms with Crippen molar-refractivity contribution in [1.29, 1.82) is 0 Å². The summed E-state index contributed by atoms with van der Waals surface area (Å²) in [4.78, 5) is 51.2. The number of hydrogen-bond acceptors (Lipinski definition) is 9. The lowest BCUT2D eigenvalue weighted by atomic mass is 10.3. The van der Waals surface area contributed by atoms with E-state index in [2.05, 4.69) is 46.2 Å². The van der Waals surface area contributed by atoms with Gasteiger partial charge in [-0.15, -0.1) is 5.06 Å². The summed E-state index contributed by atoms with van der Waals surface area (Å²) in [6.45, 7) is 8.74. The van der Waals surface area contributed by atoms with Crippen LogP contribution >= 0.6 is 11.8 Å². The summed E-state index contributed by atoms with van der Waals surface area (Å²) in [5.74, 6) is -1.52. The van der Waals surface area contributed by atoms with E-state index >= 15 is 0 Å². The van der Waals surface area contributed by atoms with E-state index in [1.165, 1.54) is 11.8 Å². The van der Waals surface area contributed by atoms with Gasteiger partial charge in [0.25, 0.3) is 11.8 Å². The van der Waals surface area contributed by atoms with Crippen LogP contribution in [0.3, 0.4) is 0 Å². The van der Waals surface area contributed by atoms with Crippen LogP contribution in [0.5, 0.6) is 0 Å². The molecule has 2 rings (SSSR count). The van der Waals surface area contributed by atoms with E-state index in [1.54, 1.807) is 12.4 Å². The van der Waals surface area contributed by atoms with Gasteiger partial charge in [0.1, 0.15) is 0 Å². The summed E-state index contributed by atoms with van der Waals surface area (Å²) >= 11 is 1.54. The Morgan fingerprint density at radius 3 is 2.41 bits per heavy atom. The molecule has 1 aliphatic rings. The molecule has 1 aromatic heterocycles. The first-order chi connectivity index (χ1) is 15.0. The Bertz CT molecular complexity index is 876. The van der Waals surface area contributed by atoms with Crippen LogP contribution in [0.4, 0.5) is 0 Å². The lowest BCUT2D eigenvalue weighted by Gasteiger charge is -2.33. The number of rotatable bonds is 12. The predicted molar refractivity (Wildman–Crippen MR) is 123 cm³/mol. The highest BCUT2D eigenvalue weighted by molar-refractivity contribution is 8.00. The van der Waals surface area contributed by atoms with Crippen molar-refractivity contribution in [3.05, 3.63) is 28.4 Å². The number of hydrogen-bond donors (Lipinski definition) is 0. The molecule has 0 unspecified atom stereocenters. The number of azide groups is 1. The molecule has 1 aliphatic heterocycles. The van der Waals surface area contributed by atoms with Gasteiger partial charge in [0.05, 0.1) is 6.54 Å². The molecule has 32 heavy (non-hydrogen) atoms. The zero-order valence-electron chi connectivity index (χ0n) is 18.7. The minimum Gasteiger partial charge on any atom is -0.455 e. The number of carbonyl (C=O) groups is 3. The van der Waals surface area contributed by atoms with E-state index in [1.807, 2.05) is 0 Å². The fourth-order valence-electron chi connectivity index (χ4n) is 3.14. The molecule has 14 heteroatoms. The SMILES string of the molecule is C[Si](C)(CCCC(=O)ON1C(=O)CCC1=O)O[Si](C)(C)CSc1ncc(CN=[N+]=[N-])cn1. The molecule has 0 N–H and O–H groups in total. The largest absolute Gasteiger partial charge is 0.455 e. The fourth-order valence-corrected chi connectivity index (χ4v) is 13.5. The first kappa shape index (κ1) is 26.0. The Kier molecular flexibility index (Phi) is 9.39. The Hall–Kier alpha value is -2.26. The molecule has 1 saturated heterocycles. The quantitative estimate of drug-likeness (QED) is 0.0808. The third-order valence-electron chi connectivity index (χ3n) is 4.46. The van der Waals surface area contributed by atoms with Gasteiger partial charge in [0.15, 0.2) is 21.8 Å². The first-order valence-electron chi connectivity index (χ1n) is 10.2. The van der Waals surface area contributed by atoms with Gasteiger partial charge in [0, 0.05) is 41.9 Å². The van der Waals surface area contributed by atoms with Gasteiger partial charge in [-0.2, -0.15) is 0 Å². The van der Waals surface area contributed by atoms with Gasteiger partial charge in [0.2, 0.25) is 0 Å². The number of nitrogens with zero attached hydrogens (tertiary/aromatic N) is 6. The van der Waals surface area contributed by atoms with Crippen LogP contribution in [0, 0.1) is 0 Å². The van der Waals surface area contributed by atoms with Crippen molar-refractivity contribution in [3.8, 4) is 0 Å². The van der Waals surface area contributed by atoms with Crippen LogP contribution in [-0.4, -0.2) is 54.8 Å². The molecule has 1 fully saturated rings. The summed E-state index contributed by atoms with van der Waals surface area (Å²) in [5.41, 5.74) is 9.12. The summed E-state index contributed by atoms with van der Waals surface area (Å²) in [7, 11) is -4.05. The second-order valence-electron chi connectivity index (χ2n) is 8.57. The van der Waals surface area contributed by atoms with Crippen LogP contribution in [0.15, 0.2) is 22.7 Å². The molecule has 0 radical (unpaired) electrons. The number of imide groups is 1. The van der Waals surface area contributed by atoms with Crippen molar-refractivity contribution in [2.45, 2.75) is 69.6 Å². The van der Waals surface area contributed by atoms with E-state index in [0.29, 0.717) is 16.6 Å². The van der Waals surface area contributed by atoms with Crippen molar-refractivity contribution < 1.29 is 23.3 Å². The lowest BCUT2D eigenvalue weighted by Crippen LogP contribution is -2.46. The van der Waals surface area contributed by atoms with Crippen LogP contribution < -0.4 is 0 Å². The van der Waals surface area contributed by atoms with Crippen molar-refractivity contribution in [2.75, 3.05) is 5.38 Å². The zero-order chi connectivity index (χ0) is 23.8. The summed E-state index contributed by atoms with van der Waals surface area (Å²) in [5, 5.41) is 5.50. The molecule has 0 bridgehead atoms. The van der Waals surface area contributed by atoms with Crippen molar-refractivity contribution in [3.63, 3.8) is 0 Å². The van der Waals surface area contributed by atoms with Crippen LogP contribution in [0.2, 0.25) is 32.2 Å². The fraction of sp³-hybridized carbons (Fsp3) is 0.611. The number of aromatic nitrogens is 2. The number of carbonyl (C=O) groups excluding carboxylic acids is 3. The third kappa shape index (κ3) is 8.71. The molecule has 0 atom stereocenters. The molecule has 0 spiro atoms. The Labute approximate surface area is 193 Å². The van der Waals surface area contributed by atoms with E-state index in [-0.39, 0.29) is 25.8 Å². The van der Waals surface area contributed by atoms with Crippen LogP contribution in [0.25, 0.3) is 10.4 Å². The maximum atomic E-state index is 12.0. The first-order valence-corrected chi connectivity index (χ1v) is 17.4. The standard InChI is InChI=1S/C18H28N6O5SSi2/c1-31(2,9-5-6-17(27)28-24-15(25)7-8-16(24)26)29-32(3,4)13-30-18-20-10-14(11-21-18)12-22-23-19/h10-11H,5-9,12-13H2,1-4H3. The summed E-state index contributed by atoms with van der Waals surface area (Å²) in [6, 6.07) is 0.760. The number of hydroxylamine groups is 2. The van der Waals surface area contributed by atoms with E-state index in [9.17, 15) is 14.4 Å². The molecule has 0 saturated carbocycles. The Balaban J connectivity index is 1.75. The van der Waals surface area contributed by atoms with Gasteiger partial charge >= 0.3 is 5.97 Å². The molecular formula is C18H28N6O5SSi2. The third-order valence-corrected chi connectivity index (χ3v) is 14.3. The normalized spacial score (nSPS) is 14.4. The number of thioether (sulfide) groups is 1. The molecule has 2 amide bonds. The van der Waals surface area contributed by atoms with Crippen LogP contribution in [0.1, 0.15) is 31.2 Å². The van der Waals surface area contributed by atoms with E-state index in [0.717, 1.165) is 17.0 Å². The summed E-state index contributed by atoms with van der Waals surface area (Å²) < 4.78 is 6.55. The second-order valence-corrected chi connectivity index (χ2v) is 18.7. The van der Waals surface area contributed by atoms with Gasteiger partial charge in [-0.1, -0.05) is 16.9 Å². The van der Waals surface area contributed by atoms with Gasteiger partial charge in [-0.3, -0.25) is 9.59 Å². The highest BCUT2D eigenvalue weighted by Gasteiger charge is 2.35. The van der Waals surface area contributed by atoms with Crippen molar-refractivity contribution in [1.82, 2.24) is 15.0 Å². The molecule has 0 aliphatic carbocycles. The molecule has 1 aromatic rings. The minimum atomic E-state index is -2.03. The highest BCUT2D eigenvalue weighted by atomic mass is 32.2. The molecule has 174 valence electrons. The van der Waals surface area contributed by atoms with Gasteiger partial charge < -0.3 is 8.95 Å². The molecule has 2 heterocycles. The van der Waals surface area contributed by atoms with Gasteiger partial charge in [-0.05, 0) is 49.7 Å². The van der Waals surface area contributed by atoms with Gasteiger partial charge in [-0.25, -0.2) is 14.8 Å². The predicted octanol–water partition coefficient (Wildman–Crippen LogP) is 3.73. The van der Waals surface area contributed by atoms with E-state index in [4.69, 9.17) is 14.5 Å². The summed E-state index contributed by atoms with van der Waals surface area (Å²) in [6.07, 6.45) is 4.18. The monoisotopic (exact) mass is 496 g/mol. The smallest absolute Gasteiger partial charge is 0.333 e. The lowest BCUT2D eigenvalue weighted by molar-refractivity contribution is -0.197. The van der Waals surface area contributed by atoms with Crippen LogP contribution in [-0.2, 0) is 29.9 Å². The molecule has 0 aromatic carbocycles. The molecular weight excluding hydrogens is 468 g/mol.